The van der Waals surface area contributed by atoms with Crippen LogP contribution in [-0.4, -0.2) is 34.1 Å². The van der Waals surface area contributed by atoms with Crippen molar-refractivity contribution in [3.8, 4) is 0 Å². The summed E-state index contributed by atoms with van der Waals surface area (Å²) in [5, 5.41) is 3.68. The lowest BCUT2D eigenvalue weighted by Crippen LogP contribution is -2.37. The quantitative estimate of drug-likeness (QED) is 0.664. The lowest BCUT2D eigenvalue weighted by molar-refractivity contribution is 0.485. The molecule has 0 fully saturated rings. The molecule has 0 heterocycles. The van der Waals surface area contributed by atoms with Crippen molar-refractivity contribution in [2.45, 2.75) is 64.8 Å². The van der Waals surface area contributed by atoms with Crippen molar-refractivity contribution in [3.63, 3.8) is 0 Å². The van der Waals surface area contributed by atoms with Gasteiger partial charge >= 0.3 is 0 Å². The normalized spacial score (nSPS) is 16.1. The van der Waals surface area contributed by atoms with Crippen LogP contribution in [0.3, 0.4) is 0 Å². The standard InChI is InChI=1S/C13H29NS2/c1-7-15-9-8-11(2)14-12(3)10-16-13(4,5)6/h11-12,14H,7-10H2,1-6H3. The van der Waals surface area contributed by atoms with E-state index in [2.05, 4.69) is 46.9 Å². The monoisotopic (exact) mass is 263 g/mol. The van der Waals surface area contributed by atoms with Gasteiger partial charge in [0.15, 0.2) is 0 Å². The van der Waals surface area contributed by atoms with Crippen LogP contribution in [0.1, 0.15) is 48.0 Å². The molecule has 0 saturated carbocycles. The third-order valence-corrected chi connectivity index (χ3v) is 4.70. The second-order valence-electron chi connectivity index (χ2n) is 5.38. The lowest BCUT2D eigenvalue weighted by atomic mass is 10.2. The van der Waals surface area contributed by atoms with E-state index in [0.29, 0.717) is 16.8 Å². The summed E-state index contributed by atoms with van der Waals surface area (Å²) >= 11 is 4.08. The molecule has 0 aromatic carbocycles. The van der Waals surface area contributed by atoms with Crippen molar-refractivity contribution in [2.75, 3.05) is 17.3 Å². The van der Waals surface area contributed by atoms with E-state index in [1.54, 1.807) is 0 Å². The summed E-state index contributed by atoms with van der Waals surface area (Å²) in [6, 6.07) is 1.26. The summed E-state index contributed by atoms with van der Waals surface area (Å²) in [6.07, 6.45) is 1.28. The topological polar surface area (TPSA) is 12.0 Å². The van der Waals surface area contributed by atoms with Gasteiger partial charge in [0.05, 0.1) is 0 Å². The van der Waals surface area contributed by atoms with Gasteiger partial charge in [0.25, 0.3) is 0 Å². The van der Waals surface area contributed by atoms with E-state index in [9.17, 15) is 0 Å². The van der Waals surface area contributed by atoms with E-state index in [4.69, 9.17) is 0 Å². The highest BCUT2D eigenvalue weighted by atomic mass is 32.2. The minimum absolute atomic E-state index is 0.386. The first-order chi connectivity index (χ1) is 7.35. The Balaban J connectivity index is 3.57. The summed E-state index contributed by atoms with van der Waals surface area (Å²) in [4.78, 5) is 0. The molecule has 0 spiro atoms. The van der Waals surface area contributed by atoms with Crippen LogP contribution in [0.4, 0.5) is 0 Å². The highest BCUT2D eigenvalue weighted by Gasteiger charge is 2.14. The minimum Gasteiger partial charge on any atom is -0.311 e. The van der Waals surface area contributed by atoms with Gasteiger partial charge < -0.3 is 5.32 Å². The fraction of sp³-hybridized carbons (Fsp3) is 1.00. The maximum Gasteiger partial charge on any atom is 0.0132 e. The molecule has 0 bridgehead atoms. The zero-order valence-corrected chi connectivity index (χ0v) is 13.4. The van der Waals surface area contributed by atoms with Crippen LogP contribution in [0.25, 0.3) is 0 Å². The van der Waals surface area contributed by atoms with E-state index in [0.717, 1.165) is 0 Å². The van der Waals surface area contributed by atoms with Crippen LogP contribution in [-0.2, 0) is 0 Å². The fourth-order valence-corrected chi connectivity index (χ4v) is 3.05. The van der Waals surface area contributed by atoms with Gasteiger partial charge in [-0.2, -0.15) is 23.5 Å². The molecule has 0 aromatic heterocycles. The fourth-order valence-electron chi connectivity index (χ4n) is 1.40. The molecule has 2 unspecified atom stereocenters. The van der Waals surface area contributed by atoms with Crippen LogP contribution in [0, 0.1) is 0 Å². The van der Waals surface area contributed by atoms with Crippen molar-refractivity contribution < 1.29 is 0 Å². The smallest absolute Gasteiger partial charge is 0.0132 e. The Bertz CT molecular complexity index is 166. The van der Waals surface area contributed by atoms with Crippen LogP contribution in [0.5, 0.6) is 0 Å². The molecular weight excluding hydrogens is 234 g/mol. The summed E-state index contributed by atoms with van der Waals surface area (Å²) in [6.45, 7) is 13.7. The molecule has 0 amide bonds. The average molecular weight is 264 g/mol. The third-order valence-electron chi connectivity index (χ3n) is 2.23. The van der Waals surface area contributed by atoms with E-state index >= 15 is 0 Å². The van der Waals surface area contributed by atoms with E-state index in [-0.39, 0.29) is 0 Å². The third kappa shape index (κ3) is 11.2. The Morgan fingerprint density at radius 3 is 2.25 bits per heavy atom. The number of rotatable bonds is 8. The van der Waals surface area contributed by atoms with Crippen molar-refractivity contribution >= 4 is 23.5 Å². The van der Waals surface area contributed by atoms with Gasteiger partial charge in [-0.3, -0.25) is 0 Å². The maximum atomic E-state index is 3.68. The van der Waals surface area contributed by atoms with Gasteiger partial charge in [-0.15, -0.1) is 0 Å². The molecule has 0 aliphatic carbocycles. The lowest BCUT2D eigenvalue weighted by Gasteiger charge is -2.24. The molecule has 98 valence electrons. The highest BCUT2D eigenvalue weighted by molar-refractivity contribution is 8.00. The van der Waals surface area contributed by atoms with Gasteiger partial charge in [0, 0.05) is 22.6 Å². The van der Waals surface area contributed by atoms with Crippen LogP contribution in [0.2, 0.25) is 0 Å². The minimum atomic E-state index is 0.386. The average Bonchev–Trinajstić information content (AvgIpc) is 2.14. The SMILES string of the molecule is CCSCCC(C)NC(C)CSC(C)(C)C. The Labute approximate surface area is 111 Å². The van der Waals surface area contributed by atoms with E-state index < -0.39 is 0 Å². The highest BCUT2D eigenvalue weighted by Crippen LogP contribution is 2.23. The molecule has 0 radical (unpaired) electrons. The predicted molar refractivity (Wildman–Crippen MR) is 81.9 cm³/mol. The summed E-state index contributed by atoms with van der Waals surface area (Å²) < 4.78 is 0.386. The molecule has 0 aliphatic heterocycles. The Morgan fingerprint density at radius 1 is 1.12 bits per heavy atom. The molecule has 1 N–H and O–H groups in total. The Hall–Kier alpha value is 0.660. The molecule has 0 aromatic rings. The second kappa shape index (κ2) is 8.71. The molecule has 0 rings (SSSR count). The Kier molecular flexibility index (Phi) is 9.07. The first kappa shape index (κ1) is 16.7. The zero-order chi connectivity index (χ0) is 12.6. The van der Waals surface area contributed by atoms with E-state index in [1.165, 1.54) is 23.7 Å². The molecule has 16 heavy (non-hydrogen) atoms. The predicted octanol–water partition coefficient (Wildman–Crippen LogP) is 4.03. The van der Waals surface area contributed by atoms with Crippen molar-refractivity contribution in [2.24, 2.45) is 0 Å². The molecular formula is C13H29NS2. The summed E-state index contributed by atoms with van der Waals surface area (Å²) in [5.74, 6) is 3.72. The van der Waals surface area contributed by atoms with Crippen molar-refractivity contribution in [1.82, 2.24) is 5.32 Å². The zero-order valence-electron chi connectivity index (χ0n) is 11.8. The molecule has 3 heteroatoms. The van der Waals surface area contributed by atoms with Crippen molar-refractivity contribution in [1.29, 1.82) is 0 Å². The first-order valence-corrected chi connectivity index (χ1v) is 8.47. The maximum absolute atomic E-state index is 3.68. The number of hydrogen-bond donors (Lipinski definition) is 1. The van der Waals surface area contributed by atoms with Gasteiger partial charge in [-0.05, 0) is 31.8 Å². The Morgan fingerprint density at radius 2 is 1.75 bits per heavy atom. The largest absolute Gasteiger partial charge is 0.311 e. The van der Waals surface area contributed by atoms with Crippen LogP contribution >= 0.6 is 23.5 Å². The molecule has 1 nitrogen and oxygen atoms in total. The number of hydrogen-bond acceptors (Lipinski definition) is 3. The molecule has 0 saturated heterocycles. The second-order valence-corrected chi connectivity index (χ2v) is 8.62. The van der Waals surface area contributed by atoms with Gasteiger partial charge in [-0.1, -0.05) is 27.7 Å². The number of nitrogens with one attached hydrogen (secondary N) is 1. The molecule has 0 aliphatic rings. The van der Waals surface area contributed by atoms with E-state index in [1.807, 2.05) is 23.5 Å². The summed E-state index contributed by atoms with van der Waals surface area (Å²) in [5.41, 5.74) is 0. The first-order valence-electron chi connectivity index (χ1n) is 6.33. The van der Waals surface area contributed by atoms with Crippen LogP contribution in [0.15, 0.2) is 0 Å². The van der Waals surface area contributed by atoms with Gasteiger partial charge in [-0.25, -0.2) is 0 Å². The van der Waals surface area contributed by atoms with Crippen molar-refractivity contribution in [3.05, 3.63) is 0 Å². The number of thioether (sulfide) groups is 2. The van der Waals surface area contributed by atoms with Crippen LogP contribution < -0.4 is 5.32 Å². The molecule has 2 atom stereocenters. The van der Waals surface area contributed by atoms with Gasteiger partial charge in [0.2, 0.25) is 0 Å². The summed E-state index contributed by atoms with van der Waals surface area (Å²) in [7, 11) is 0. The van der Waals surface area contributed by atoms with Gasteiger partial charge in [0.1, 0.15) is 0 Å².